The van der Waals surface area contributed by atoms with Gasteiger partial charge in [0.2, 0.25) is 0 Å². The molecule has 0 aromatic carbocycles. The number of carbonyl (C=O) groups is 2. The third-order valence-corrected chi connectivity index (χ3v) is 11.4. The van der Waals surface area contributed by atoms with Crippen LogP contribution in [0.3, 0.4) is 0 Å². The Hall–Kier alpha value is -3.07. The number of esters is 2. The minimum absolute atomic E-state index is 0.0419. The van der Waals surface area contributed by atoms with Crippen LogP contribution in [-0.4, -0.2) is 49.3 Å². The second kappa shape index (κ2) is 50.3. The summed E-state index contributed by atoms with van der Waals surface area (Å²) in [4.78, 5) is 35.1. The zero-order chi connectivity index (χ0) is 47.4. The average Bonchev–Trinajstić information content (AvgIpc) is 3.30. The van der Waals surface area contributed by atoms with Crippen LogP contribution in [0, 0.1) is 0 Å². The molecule has 10 heteroatoms. The maximum atomic E-state index is 12.6. The van der Waals surface area contributed by atoms with Crippen LogP contribution in [0.15, 0.2) is 97.2 Å². The molecule has 0 aliphatic carbocycles. The first-order valence-corrected chi connectivity index (χ1v) is 27.2. The van der Waals surface area contributed by atoms with Gasteiger partial charge >= 0.3 is 19.8 Å². The van der Waals surface area contributed by atoms with E-state index in [0.717, 1.165) is 96.3 Å². The molecule has 0 heterocycles. The minimum atomic E-state index is -4.40. The van der Waals surface area contributed by atoms with Crippen LogP contribution >= 0.6 is 7.82 Å². The van der Waals surface area contributed by atoms with Crippen molar-refractivity contribution < 1.29 is 37.6 Å². The zero-order valence-electron chi connectivity index (χ0n) is 41.2. The van der Waals surface area contributed by atoms with Crippen LogP contribution in [0.4, 0.5) is 0 Å². The Morgan fingerprint density at radius 3 is 1.28 bits per heavy atom. The molecule has 0 radical (unpaired) electrons. The monoisotopic (exact) mass is 928 g/mol. The molecular weight excluding hydrogens is 834 g/mol. The third kappa shape index (κ3) is 50.2. The lowest BCUT2D eigenvalue weighted by Crippen LogP contribution is -2.29. The molecule has 2 unspecified atom stereocenters. The molecule has 0 bridgehead atoms. The van der Waals surface area contributed by atoms with Crippen LogP contribution in [0.1, 0.15) is 206 Å². The van der Waals surface area contributed by atoms with Crippen molar-refractivity contribution in [3.05, 3.63) is 97.2 Å². The number of phosphoric ester groups is 1. The number of allylic oxidation sites excluding steroid dienone is 16. The quantitative estimate of drug-likeness (QED) is 0.0265. The van der Waals surface area contributed by atoms with Crippen LogP contribution in [0.5, 0.6) is 0 Å². The van der Waals surface area contributed by atoms with Gasteiger partial charge in [0, 0.05) is 19.4 Å². The maximum absolute atomic E-state index is 12.6. The Balaban J connectivity index is 4.12. The number of ether oxygens (including phenoxy) is 2. The van der Waals surface area contributed by atoms with E-state index in [2.05, 4.69) is 111 Å². The summed E-state index contributed by atoms with van der Waals surface area (Å²) in [5, 5.41) is 0. The topological polar surface area (TPSA) is 134 Å². The van der Waals surface area contributed by atoms with Crippen molar-refractivity contribution in [3.8, 4) is 0 Å². The molecule has 0 aliphatic rings. The lowest BCUT2D eigenvalue weighted by atomic mass is 10.1. The van der Waals surface area contributed by atoms with Gasteiger partial charge in [-0.15, -0.1) is 0 Å². The van der Waals surface area contributed by atoms with Crippen molar-refractivity contribution in [2.45, 2.75) is 213 Å². The van der Waals surface area contributed by atoms with E-state index in [1.165, 1.54) is 77.0 Å². The van der Waals surface area contributed by atoms with Gasteiger partial charge in [0.25, 0.3) is 0 Å². The third-order valence-electron chi connectivity index (χ3n) is 10.5. The number of nitrogens with two attached hydrogens (primary N) is 1. The van der Waals surface area contributed by atoms with Crippen LogP contribution in [0.25, 0.3) is 0 Å². The molecular formula is C55H94NO8P. The fourth-order valence-electron chi connectivity index (χ4n) is 6.67. The minimum Gasteiger partial charge on any atom is -0.462 e. The normalized spacial score (nSPS) is 14.0. The van der Waals surface area contributed by atoms with Crippen LogP contribution in [-0.2, 0) is 32.7 Å². The summed E-state index contributed by atoms with van der Waals surface area (Å²) in [5.41, 5.74) is 5.36. The van der Waals surface area contributed by atoms with E-state index >= 15 is 0 Å². The highest BCUT2D eigenvalue weighted by Crippen LogP contribution is 2.43. The van der Waals surface area contributed by atoms with Crippen molar-refractivity contribution in [3.63, 3.8) is 0 Å². The fraction of sp³-hybridized carbons (Fsp3) is 0.673. The summed E-state index contributed by atoms with van der Waals surface area (Å²) in [7, 11) is -4.40. The van der Waals surface area contributed by atoms with E-state index in [0.29, 0.717) is 6.42 Å². The van der Waals surface area contributed by atoms with Gasteiger partial charge in [0.1, 0.15) is 6.61 Å². The Morgan fingerprint density at radius 1 is 0.477 bits per heavy atom. The molecule has 0 amide bonds. The number of phosphoric acid groups is 1. The first kappa shape index (κ1) is 61.9. The second-order valence-corrected chi connectivity index (χ2v) is 18.1. The van der Waals surface area contributed by atoms with Gasteiger partial charge < -0.3 is 20.1 Å². The van der Waals surface area contributed by atoms with E-state index in [1.54, 1.807) is 0 Å². The summed E-state index contributed by atoms with van der Waals surface area (Å²) in [5.74, 6) is -0.876. The smallest absolute Gasteiger partial charge is 0.462 e. The largest absolute Gasteiger partial charge is 0.472 e. The fourth-order valence-corrected chi connectivity index (χ4v) is 7.43. The van der Waals surface area contributed by atoms with Gasteiger partial charge in [-0.2, -0.15) is 0 Å². The zero-order valence-corrected chi connectivity index (χ0v) is 42.1. The van der Waals surface area contributed by atoms with Crippen molar-refractivity contribution in [1.82, 2.24) is 0 Å². The lowest BCUT2D eigenvalue weighted by Gasteiger charge is -2.19. The number of hydrogen-bond acceptors (Lipinski definition) is 8. The summed E-state index contributed by atoms with van der Waals surface area (Å²) < 4.78 is 32.9. The first-order chi connectivity index (χ1) is 31.8. The summed E-state index contributed by atoms with van der Waals surface area (Å²) in [6.45, 7) is 3.56. The molecule has 2 atom stereocenters. The number of carbonyl (C=O) groups excluding carboxylic acids is 2. The van der Waals surface area contributed by atoms with Crippen molar-refractivity contribution in [2.75, 3.05) is 26.4 Å². The molecule has 0 aromatic heterocycles. The van der Waals surface area contributed by atoms with Crippen LogP contribution in [0.2, 0.25) is 0 Å². The summed E-state index contributed by atoms with van der Waals surface area (Å²) in [6, 6.07) is 0. The van der Waals surface area contributed by atoms with E-state index in [9.17, 15) is 19.0 Å². The van der Waals surface area contributed by atoms with Gasteiger partial charge in [-0.25, -0.2) is 4.57 Å². The Kier molecular flexibility index (Phi) is 48.0. The highest BCUT2D eigenvalue weighted by atomic mass is 31.2. The molecule has 0 aliphatic heterocycles. The van der Waals surface area contributed by atoms with E-state index < -0.39 is 32.5 Å². The maximum Gasteiger partial charge on any atom is 0.472 e. The predicted octanol–water partition coefficient (Wildman–Crippen LogP) is 15.7. The number of hydrogen-bond donors (Lipinski definition) is 2. The molecule has 0 saturated carbocycles. The summed E-state index contributed by atoms with van der Waals surface area (Å²) in [6.07, 6.45) is 65.9. The SMILES string of the molecule is CC/C=C\C/C=C\C/C=C\C/C=C\C/C=C\CCCCCC(=O)OC(COC(=O)CCCCCCCCCCCC/C=C\C/C=C\C/C=C\CCCCCCC)COP(=O)(O)OCCN. The second-order valence-electron chi connectivity index (χ2n) is 16.7. The van der Waals surface area contributed by atoms with Crippen LogP contribution < -0.4 is 5.73 Å². The Morgan fingerprint density at radius 2 is 0.846 bits per heavy atom. The highest BCUT2D eigenvalue weighted by molar-refractivity contribution is 7.47. The molecule has 0 rings (SSSR count). The molecule has 0 fully saturated rings. The molecule has 0 aromatic rings. The van der Waals surface area contributed by atoms with Crippen molar-refractivity contribution in [2.24, 2.45) is 5.73 Å². The number of rotatable bonds is 47. The predicted molar refractivity (Wildman–Crippen MR) is 275 cm³/mol. The standard InChI is InChI=1S/C55H94NO8P/c1-3-5-7-9-11-13-15-17-19-21-23-24-25-26-27-28-30-31-33-35-37-39-41-43-45-47-54(57)61-51-53(52-63-65(59,60)62-50-49-56)64-55(58)48-46-44-42-40-38-36-34-32-29-22-20-18-16-14-12-10-8-6-4-2/h6,8,12,14-15,17-18,20-21,23,25-26,29,32,36,38,53H,3-5,7,9-11,13,16,19,22,24,27-28,30-31,33-35,37,39-52,56H2,1-2H3,(H,59,60)/b8-6-,14-12-,17-15-,20-18-,23-21-,26-25-,32-29-,38-36-. The van der Waals surface area contributed by atoms with Gasteiger partial charge in [-0.05, 0) is 96.3 Å². The Bertz CT molecular complexity index is 1380. The van der Waals surface area contributed by atoms with E-state index in [4.69, 9.17) is 24.3 Å². The van der Waals surface area contributed by atoms with Crippen molar-refractivity contribution >= 4 is 19.8 Å². The number of unbranched alkanes of at least 4 members (excludes halogenated alkanes) is 18. The molecule has 65 heavy (non-hydrogen) atoms. The molecule has 0 spiro atoms. The van der Waals surface area contributed by atoms with Gasteiger partial charge in [-0.1, -0.05) is 195 Å². The van der Waals surface area contributed by atoms with Gasteiger partial charge in [-0.3, -0.25) is 18.6 Å². The molecule has 0 saturated heterocycles. The van der Waals surface area contributed by atoms with Gasteiger partial charge in [0.15, 0.2) is 6.10 Å². The highest BCUT2D eigenvalue weighted by Gasteiger charge is 2.26. The van der Waals surface area contributed by atoms with Crippen molar-refractivity contribution in [1.29, 1.82) is 0 Å². The summed E-state index contributed by atoms with van der Waals surface area (Å²) >= 11 is 0. The van der Waals surface area contributed by atoms with E-state index in [-0.39, 0.29) is 32.6 Å². The van der Waals surface area contributed by atoms with Gasteiger partial charge in [0.05, 0.1) is 13.2 Å². The molecule has 9 nitrogen and oxygen atoms in total. The molecule has 372 valence electrons. The van der Waals surface area contributed by atoms with E-state index in [1.807, 2.05) is 0 Å². The Labute approximate surface area is 397 Å². The first-order valence-electron chi connectivity index (χ1n) is 25.7. The molecule has 3 N–H and O–H groups in total. The average molecular weight is 928 g/mol. The lowest BCUT2D eigenvalue weighted by molar-refractivity contribution is -0.161.